The van der Waals surface area contributed by atoms with E-state index >= 15 is 0 Å². The molecule has 1 aromatic carbocycles. The first kappa shape index (κ1) is 11.6. The molecular weight excluding hydrogens is 214 g/mol. The highest BCUT2D eigenvalue weighted by Gasteiger charge is 2.12. The summed E-state index contributed by atoms with van der Waals surface area (Å²) in [6, 6.07) is 11.4. The van der Waals surface area contributed by atoms with Gasteiger partial charge in [-0.05, 0) is 18.6 Å². The molecule has 88 valence electrons. The van der Waals surface area contributed by atoms with Crippen LogP contribution < -0.4 is 4.74 Å². The summed E-state index contributed by atoms with van der Waals surface area (Å²) in [6.45, 7) is 1.91. The van der Waals surface area contributed by atoms with Gasteiger partial charge in [-0.2, -0.15) is 0 Å². The zero-order valence-electron chi connectivity index (χ0n) is 9.92. The maximum Gasteiger partial charge on any atom is 0.215 e. The lowest BCUT2D eigenvalue weighted by atomic mass is 10.0. The van der Waals surface area contributed by atoms with Gasteiger partial charge in [0.05, 0.1) is 7.11 Å². The number of aliphatic hydroxyl groups excluding tert-OH is 1. The topological polar surface area (TPSA) is 42.4 Å². The summed E-state index contributed by atoms with van der Waals surface area (Å²) in [4.78, 5) is 4.16. The fraction of sp³-hybridized carbons (Fsp3) is 0.214. The summed E-state index contributed by atoms with van der Waals surface area (Å²) >= 11 is 0. The molecule has 3 nitrogen and oxygen atoms in total. The second-order valence-electron chi connectivity index (χ2n) is 3.91. The Hall–Kier alpha value is -1.87. The number of rotatable bonds is 3. The molecule has 0 aliphatic carbocycles. The molecule has 2 rings (SSSR count). The summed E-state index contributed by atoms with van der Waals surface area (Å²) < 4.78 is 5.09. The molecule has 0 spiro atoms. The first-order chi connectivity index (χ1) is 8.22. The average Bonchev–Trinajstić information content (AvgIpc) is 2.39. The Kier molecular flexibility index (Phi) is 3.40. The van der Waals surface area contributed by atoms with E-state index in [2.05, 4.69) is 4.98 Å². The normalized spacial score (nSPS) is 12.2. The predicted molar refractivity (Wildman–Crippen MR) is 66.0 cm³/mol. The number of aliphatic hydroxyl groups is 1. The van der Waals surface area contributed by atoms with E-state index in [-0.39, 0.29) is 0 Å². The second-order valence-corrected chi connectivity index (χ2v) is 3.91. The Morgan fingerprint density at radius 1 is 1.18 bits per heavy atom. The largest absolute Gasteiger partial charge is 0.481 e. The average molecular weight is 229 g/mol. The van der Waals surface area contributed by atoms with E-state index in [9.17, 15) is 5.11 Å². The molecular formula is C14H15NO2. The van der Waals surface area contributed by atoms with Gasteiger partial charge in [-0.25, -0.2) is 4.98 Å². The van der Waals surface area contributed by atoms with E-state index in [4.69, 9.17) is 4.74 Å². The van der Waals surface area contributed by atoms with Crippen molar-refractivity contribution in [2.75, 3.05) is 7.11 Å². The SMILES string of the molecule is COc1ncc(C(O)c2ccccc2)cc1C. The maximum absolute atomic E-state index is 10.2. The monoisotopic (exact) mass is 229 g/mol. The van der Waals surface area contributed by atoms with Crippen molar-refractivity contribution in [2.24, 2.45) is 0 Å². The molecule has 0 saturated carbocycles. The molecule has 0 amide bonds. The number of benzene rings is 1. The number of ether oxygens (including phenoxy) is 1. The predicted octanol–water partition coefficient (Wildman–Crippen LogP) is 2.48. The first-order valence-electron chi connectivity index (χ1n) is 5.46. The van der Waals surface area contributed by atoms with Crippen LogP contribution in [0.2, 0.25) is 0 Å². The molecule has 0 fully saturated rings. The van der Waals surface area contributed by atoms with Crippen molar-refractivity contribution < 1.29 is 9.84 Å². The van der Waals surface area contributed by atoms with Crippen LogP contribution in [0.3, 0.4) is 0 Å². The Morgan fingerprint density at radius 2 is 1.88 bits per heavy atom. The van der Waals surface area contributed by atoms with Crippen LogP contribution >= 0.6 is 0 Å². The highest BCUT2D eigenvalue weighted by atomic mass is 16.5. The van der Waals surface area contributed by atoms with Crippen molar-refractivity contribution in [2.45, 2.75) is 13.0 Å². The maximum atomic E-state index is 10.2. The molecule has 0 aliphatic heterocycles. The molecule has 1 heterocycles. The van der Waals surface area contributed by atoms with Gasteiger partial charge in [0.15, 0.2) is 0 Å². The zero-order valence-corrected chi connectivity index (χ0v) is 9.92. The number of aryl methyl sites for hydroxylation is 1. The van der Waals surface area contributed by atoms with Gasteiger partial charge in [0, 0.05) is 17.3 Å². The molecule has 0 radical (unpaired) electrons. The number of hydrogen-bond donors (Lipinski definition) is 1. The van der Waals surface area contributed by atoms with E-state index in [0.717, 1.165) is 16.7 Å². The van der Waals surface area contributed by atoms with Crippen molar-refractivity contribution >= 4 is 0 Å². The van der Waals surface area contributed by atoms with Crippen molar-refractivity contribution in [1.82, 2.24) is 4.98 Å². The van der Waals surface area contributed by atoms with Crippen LogP contribution in [-0.2, 0) is 0 Å². The van der Waals surface area contributed by atoms with E-state index in [0.29, 0.717) is 5.88 Å². The number of hydrogen-bond acceptors (Lipinski definition) is 3. The minimum atomic E-state index is -0.645. The Morgan fingerprint density at radius 3 is 2.47 bits per heavy atom. The molecule has 1 unspecified atom stereocenters. The molecule has 1 aromatic heterocycles. The third-order valence-electron chi connectivity index (χ3n) is 2.68. The number of pyridine rings is 1. The van der Waals surface area contributed by atoms with E-state index in [1.807, 2.05) is 43.3 Å². The van der Waals surface area contributed by atoms with Crippen LogP contribution in [0.5, 0.6) is 5.88 Å². The van der Waals surface area contributed by atoms with Crippen molar-refractivity contribution in [3.05, 3.63) is 59.3 Å². The summed E-state index contributed by atoms with van der Waals surface area (Å²) in [7, 11) is 1.59. The highest BCUT2D eigenvalue weighted by Crippen LogP contribution is 2.24. The molecule has 0 aliphatic rings. The first-order valence-corrected chi connectivity index (χ1v) is 5.46. The van der Waals surface area contributed by atoms with Gasteiger partial charge in [-0.15, -0.1) is 0 Å². The van der Waals surface area contributed by atoms with Crippen molar-refractivity contribution in [3.8, 4) is 5.88 Å². The lowest BCUT2D eigenvalue weighted by Gasteiger charge is -2.12. The molecule has 0 bridgehead atoms. The highest BCUT2D eigenvalue weighted by molar-refractivity contribution is 5.34. The van der Waals surface area contributed by atoms with Crippen LogP contribution in [0.25, 0.3) is 0 Å². The Bertz CT molecular complexity index is 497. The third-order valence-corrected chi connectivity index (χ3v) is 2.68. The van der Waals surface area contributed by atoms with Gasteiger partial charge in [-0.3, -0.25) is 0 Å². The van der Waals surface area contributed by atoms with Gasteiger partial charge in [0.1, 0.15) is 6.10 Å². The van der Waals surface area contributed by atoms with Crippen molar-refractivity contribution in [3.63, 3.8) is 0 Å². The molecule has 2 aromatic rings. The Balaban J connectivity index is 2.32. The van der Waals surface area contributed by atoms with Gasteiger partial charge < -0.3 is 9.84 Å². The van der Waals surface area contributed by atoms with Crippen LogP contribution in [0.4, 0.5) is 0 Å². The van der Waals surface area contributed by atoms with Crippen LogP contribution in [0.1, 0.15) is 22.8 Å². The number of aromatic nitrogens is 1. The van der Waals surface area contributed by atoms with Gasteiger partial charge in [0.2, 0.25) is 5.88 Å². The van der Waals surface area contributed by atoms with E-state index in [1.165, 1.54) is 0 Å². The number of methoxy groups -OCH3 is 1. The minimum Gasteiger partial charge on any atom is -0.481 e. The van der Waals surface area contributed by atoms with Gasteiger partial charge >= 0.3 is 0 Å². The molecule has 3 heteroatoms. The lowest BCUT2D eigenvalue weighted by Crippen LogP contribution is -2.02. The van der Waals surface area contributed by atoms with E-state index in [1.54, 1.807) is 13.3 Å². The molecule has 0 saturated heterocycles. The van der Waals surface area contributed by atoms with Crippen molar-refractivity contribution in [1.29, 1.82) is 0 Å². The minimum absolute atomic E-state index is 0.592. The summed E-state index contributed by atoms with van der Waals surface area (Å²) in [5.74, 6) is 0.592. The van der Waals surface area contributed by atoms with Gasteiger partial charge in [-0.1, -0.05) is 30.3 Å². The fourth-order valence-corrected chi connectivity index (χ4v) is 1.77. The standard InChI is InChI=1S/C14H15NO2/c1-10-8-12(9-15-14(10)17-2)13(16)11-6-4-3-5-7-11/h3-9,13,16H,1-2H3. The summed E-state index contributed by atoms with van der Waals surface area (Å²) in [5.41, 5.74) is 2.55. The van der Waals surface area contributed by atoms with Crippen LogP contribution in [-0.4, -0.2) is 17.2 Å². The smallest absolute Gasteiger partial charge is 0.215 e. The zero-order chi connectivity index (χ0) is 12.3. The summed E-state index contributed by atoms with van der Waals surface area (Å²) in [5, 5.41) is 10.2. The Labute approximate surface area is 101 Å². The van der Waals surface area contributed by atoms with Gasteiger partial charge in [0.25, 0.3) is 0 Å². The third kappa shape index (κ3) is 2.45. The molecule has 1 atom stereocenters. The van der Waals surface area contributed by atoms with Crippen LogP contribution in [0.15, 0.2) is 42.6 Å². The van der Waals surface area contributed by atoms with Crippen LogP contribution in [0, 0.1) is 6.92 Å². The molecule has 17 heavy (non-hydrogen) atoms. The number of nitrogens with zero attached hydrogens (tertiary/aromatic N) is 1. The van der Waals surface area contributed by atoms with E-state index < -0.39 is 6.10 Å². The summed E-state index contributed by atoms with van der Waals surface area (Å²) in [6.07, 6.45) is 0.997. The quantitative estimate of drug-likeness (QED) is 0.879. The lowest BCUT2D eigenvalue weighted by molar-refractivity contribution is 0.219. The fourth-order valence-electron chi connectivity index (χ4n) is 1.77. The molecule has 1 N–H and O–H groups in total. The second kappa shape index (κ2) is 4.97.